The number of anilines is 2. The summed E-state index contributed by atoms with van der Waals surface area (Å²) >= 11 is 3.18. The van der Waals surface area contributed by atoms with Crippen molar-refractivity contribution in [3.8, 4) is 0 Å². The van der Waals surface area contributed by atoms with Gasteiger partial charge in [-0.3, -0.25) is 5.41 Å². The number of aryl methyl sites for hydroxylation is 2. The topological polar surface area (TPSA) is 53.1 Å². The van der Waals surface area contributed by atoms with E-state index in [1.807, 2.05) is 33.0 Å². The normalized spacial score (nSPS) is 10.5. The minimum absolute atomic E-state index is 0.165. The van der Waals surface area contributed by atoms with Gasteiger partial charge in [-0.2, -0.15) is 0 Å². The number of nitrogens with one attached hydrogen (secondary N) is 1. The fraction of sp³-hybridized carbons (Fsp3) is 0.188. The van der Waals surface area contributed by atoms with E-state index in [4.69, 9.17) is 11.1 Å². The van der Waals surface area contributed by atoms with Crippen LogP contribution in [-0.2, 0) is 0 Å². The van der Waals surface area contributed by atoms with Gasteiger partial charge in [0.2, 0.25) is 0 Å². The third-order valence-corrected chi connectivity index (χ3v) is 4.20. The lowest BCUT2D eigenvalue weighted by Crippen LogP contribution is -2.16. The molecule has 0 saturated carbocycles. The van der Waals surface area contributed by atoms with Crippen LogP contribution >= 0.6 is 15.9 Å². The zero-order chi connectivity index (χ0) is 15.7. The molecular weight excluding hydrogens is 333 g/mol. The second-order valence-electron chi connectivity index (χ2n) is 5.02. The van der Waals surface area contributed by atoms with E-state index in [-0.39, 0.29) is 10.3 Å². The summed E-state index contributed by atoms with van der Waals surface area (Å²) in [5.74, 6) is -0.591. The Morgan fingerprint density at radius 1 is 1.19 bits per heavy atom. The van der Waals surface area contributed by atoms with Crippen LogP contribution < -0.4 is 10.6 Å². The average Bonchev–Trinajstić information content (AvgIpc) is 2.40. The fourth-order valence-corrected chi connectivity index (χ4v) is 2.87. The molecule has 0 unspecified atom stereocenters. The van der Waals surface area contributed by atoms with E-state index in [1.165, 1.54) is 5.56 Å². The van der Waals surface area contributed by atoms with Gasteiger partial charge in [-0.25, -0.2) is 4.39 Å². The molecule has 0 heterocycles. The van der Waals surface area contributed by atoms with Crippen molar-refractivity contribution in [3.05, 3.63) is 57.3 Å². The first-order chi connectivity index (χ1) is 9.82. The van der Waals surface area contributed by atoms with Crippen molar-refractivity contribution in [1.82, 2.24) is 0 Å². The Hall–Kier alpha value is -1.88. The van der Waals surface area contributed by atoms with E-state index in [9.17, 15) is 4.39 Å². The molecular formula is C16H17BrFN3. The van der Waals surface area contributed by atoms with Gasteiger partial charge >= 0.3 is 0 Å². The Labute approximate surface area is 132 Å². The summed E-state index contributed by atoms with van der Waals surface area (Å²) in [6.45, 7) is 4.02. The highest BCUT2D eigenvalue weighted by molar-refractivity contribution is 9.10. The molecule has 110 valence electrons. The van der Waals surface area contributed by atoms with Crippen LogP contribution in [0.5, 0.6) is 0 Å². The van der Waals surface area contributed by atoms with Crippen LogP contribution in [0.25, 0.3) is 0 Å². The predicted octanol–water partition coefficient (Wildman–Crippen LogP) is 4.26. The monoisotopic (exact) mass is 349 g/mol. The number of hydrogen-bond acceptors (Lipinski definition) is 2. The van der Waals surface area contributed by atoms with Gasteiger partial charge in [0.15, 0.2) is 5.82 Å². The zero-order valence-corrected chi connectivity index (χ0v) is 13.8. The summed E-state index contributed by atoms with van der Waals surface area (Å²) in [7, 11) is 1.82. The van der Waals surface area contributed by atoms with Gasteiger partial charge < -0.3 is 10.6 Å². The molecule has 0 amide bonds. The molecule has 3 nitrogen and oxygen atoms in total. The number of rotatable bonds is 3. The molecule has 0 radical (unpaired) electrons. The minimum atomic E-state index is -0.426. The van der Waals surface area contributed by atoms with Gasteiger partial charge in [-0.15, -0.1) is 0 Å². The van der Waals surface area contributed by atoms with Crippen LogP contribution in [0, 0.1) is 25.1 Å². The third kappa shape index (κ3) is 2.93. The molecule has 0 aliphatic carbocycles. The third-order valence-electron chi connectivity index (χ3n) is 3.43. The maximum absolute atomic E-state index is 14.5. The summed E-state index contributed by atoms with van der Waals surface area (Å²) in [6.07, 6.45) is 0. The predicted molar refractivity (Wildman–Crippen MR) is 89.1 cm³/mol. The lowest BCUT2D eigenvalue weighted by molar-refractivity contribution is 0.620. The second kappa shape index (κ2) is 5.85. The largest absolute Gasteiger partial charge is 0.384 e. The van der Waals surface area contributed by atoms with Gasteiger partial charge in [-0.1, -0.05) is 17.7 Å². The number of nitrogen functional groups attached to an aromatic ring is 1. The molecule has 5 heteroatoms. The molecule has 0 bridgehead atoms. The van der Waals surface area contributed by atoms with Crippen molar-refractivity contribution in [2.24, 2.45) is 5.73 Å². The summed E-state index contributed by atoms with van der Waals surface area (Å²) in [4.78, 5) is 1.79. The van der Waals surface area contributed by atoms with E-state index in [0.717, 1.165) is 11.3 Å². The Kier molecular flexibility index (Phi) is 4.32. The number of hydrogen-bond donors (Lipinski definition) is 2. The Balaban J connectivity index is 2.51. The quantitative estimate of drug-likeness (QED) is 0.642. The van der Waals surface area contributed by atoms with Crippen molar-refractivity contribution in [1.29, 1.82) is 5.41 Å². The highest BCUT2D eigenvalue weighted by atomic mass is 79.9. The van der Waals surface area contributed by atoms with Crippen molar-refractivity contribution in [3.63, 3.8) is 0 Å². The van der Waals surface area contributed by atoms with E-state index in [1.54, 1.807) is 17.0 Å². The molecule has 0 saturated heterocycles. The van der Waals surface area contributed by atoms with Gasteiger partial charge in [0, 0.05) is 18.3 Å². The standard InChI is InChI=1S/C16H17BrFN3/c1-9-4-6-12(10(2)8-9)21(3)13-7-5-11(16(19)20)14(17)15(13)18/h4-8H,1-3H3,(H3,19,20). The van der Waals surface area contributed by atoms with Gasteiger partial charge in [0.1, 0.15) is 5.84 Å². The minimum Gasteiger partial charge on any atom is -0.384 e. The average molecular weight is 350 g/mol. The molecule has 0 fully saturated rings. The van der Waals surface area contributed by atoms with Crippen molar-refractivity contribution in [2.75, 3.05) is 11.9 Å². The van der Waals surface area contributed by atoms with E-state index >= 15 is 0 Å². The smallest absolute Gasteiger partial charge is 0.161 e. The Bertz CT molecular complexity index is 713. The van der Waals surface area contributed by atoms with Crippen molar-refractivity contribution in [2.45, 2.75) is 13.8 Å². The molecule has 0 aliphatic rings. The van der Waals surface area contributed by atoms with Crippen LogP contribution in [0.15, 0.2) is 34.8 Å². The maximum Gasteiger partial charge on any atom is 0.161 e. The van der Waals surface area contributed by atoms with Crippen molar-refractivity contribution < 1.29 is 4.39 Å². The molecule has 0 atom stereocenters. The van der Waals surface area contributed by atoms with E-state index < -0.39 is 5.82 Å². The zero-order valence-electron chi connectivity index (χ0n) is 12.2. The number of benzene rings is 2. The highest BCUT2D eigenvalue weighted by Crippen LogP contribution is 2.34. The van der Waals surface area contributed by atoms with Gasteiger partial charge in [-0.05, 0) is 53.5 Å². The van der Waals surface area contributed by atoms with Gasteiger partial charge in [0.25, 0.3) is 0 Å². The molecule has 0 aliphatic heterocycles. The molecule has 2 rings (SSSR count). The van der Waals surface area contributed by atoms with Crippen LogP contribution in [-0.4, -0.2) is 12.9 Å². The van der Waals surface area contributed by atoms with E-state index in [0.29, 0.717) is 11.3 Å². The number of nitrogens with zero attached hydrogens (tertiary/aromatic N) is 1. The second-order valence-corrected chi connectivity index (χ2v) is 5.82. The van der Waals surface area contributed by atoms with Crippen molar-refractivity contribution >= 4 is 33.1 Å². The maximum atomic E-state index is 14.5. The van der Waals surface area contributed by atoms with Crippen LogP contribution in [0.2, 0.25) is 0 Å². The lowest BCUT2D eigenvalue weighted by Gasteiger charge is -2.23. The number of nitrogens with two attached hydrogens (primary N) is 1. The summed E-state index contributed by atoms with van der Waals surface area (Å²) in [5.41, 5.74) is 9.39. The molecule has 2 aromatic carbocycles. The SMILES string of the molecule is Cc1ccc(N(C)c2ccc(C(=N)N)c(Br)c2F)c(C)c1. The molecule has 3 N–H and O–H groups in total. The number of halogens is 2. The molecule has 21 heavy (non-hydrogen) atoms. The number of amidine groups is 1. The van der Waals surface area contributed by atoms with Crippen LogP contribution in [0.4, 0.5) is 15.8 Å². The molecule has 0 aromatic heterocycles. The Morgan fingerprint density at radius 3 is 2.38 bits per heavy atom. The summed E-state index contributed by atoms with van der Waals surface area (Å²) < 4.78 is 14.7. The Morgan fingerprint density at radius 2 is 1.81 bits per heavy atom. The van der Waals surface area contributed by atoms with Crippen LogP contribution in [0.3, 0.4) is 0 Å². The molecule has 0 spiro atoms. The fourth-order valence-electron chi connectivity index (χ4n) is 2.32. The van der Waals surface area contributed by atoms with Gasteiger partial charge in [0.05, 0.1) is 10.2 Å². The summed E-state index contributed by atoms with van der Waals surface area (Å²) in [5, 5.41) is 7.44. The van der Waals surface area contributed by atoms with E-state index in [2.05, 4.69) is 22.0 Å². The first kappa shape index (κ1) is 15.5. The summed E-state index contributed by atoms with van der Waals surface area (Å²) in [6, 6.07) is 9.30. The molecule has 2 aromatic rings. The first-order valence-electron chi connectivity index (χ1n) is 6.46. The lowest BCUT2D eigenvalue weighted by atomic mass is 10.1. The first-order valence-corrected chi connectivity index (χ1v) is 7.25. The highest BCUT2D eigenvalue weighted by Gasteiger charge is 2.17. The van der Waals surface area contributed by atoms with Crippen LogP contribution in [0.1, 0.15) is 16.7 Å².